The minimum absolute atomic E-state index is 0.231. The number of nitrogens with one attached hydrogen (secondary N) is 1. The smallest absolute Gasteiger partial charge is 0.258 e. The molecule has 0 atom stereocenters. The van der Waals surface area contributed by atoms with Crippen LogP contribution in [0.5, 0.6) is 11.6 Å². The predicted octanol–water partition coefficient (Wildman–Crippen LogP) is 5.21. The van der Waals surface area contributed by atoms with Crippen LogP contribution < -0.4 is 19.7 Å². The average molecular weight is 551 g/mol. The Hall–Kier alpha value is -4.83. The second kappa shape index (κ2) is 11.5. The van der Waals surface area contributed by atoms with Gasteiger partial charge in [0, 0.05) is 35.9 Å². The van der Waals surface area contributed by atoms with Crippen LogP contribution in [-0.2, 0) is 19.6 Å². The first-order valence-corrected chi connectivity index (χ1v) is 13.6. The maximum atomic E-state index is 13.3. The van der Waals surface area contributed by atoms with E-state index in [0.717, 1.165) is 46.8 Å². The zero-order valence-corrected chi connectivity index (χ0v) is 22.6. The van der Waals surface area contributed by atoms with Crippen molar-refractivity contribution in [2.75, 3.05) is 18.6 Å². The molecule has 200 valence electrons. The monoisotopic (exact) mass is 550 g/mol. The molecule has 1 aliphatic heterocycles. The zero-order valence-electron chi connectivity index (χ0n) is 21.8. The average Bonchev–Trinajstić information content (AvgIpc) is 3.70. The molecule has 0 unspecified atom stereocenters. The Morgan fingerprint density at radius 2 is 1.82 bits per heavy atom. The largest absolute Gasteiger partial charge is 0.497 e. The minimum Gasteiger partial charge on any atom is -0.497 e. The molecule has 5 aromatic rings. The zero-order chi connectivity index (χ0) is 27.3. The summed E-state index contributed by atoms with van der Waals surface area (Å²) in [6.45, 7) is 1.34. The quantitative estimate of drug-likeness (QED) is 0.267. The first-order chi connectivity index (χ1) is 19.7. The number of fused-ring (bicyclic) bond motifs is 1. The van der Waals surface area contributed by atoms with Gasteiger partial charge in [-0.15, -0.1) is 5.10 Å². The van der Waals surface area contributed by atoms with E-state index in [9.17, 15) is 4.79 Å². The van der Waals surface area contributed by atoms with Gasteiger partial charge in [0.25, 0.3) is 5.91 Å². The maximum absolute atomic E-state index is 13.3. The van der Waals surface area contributed by atoms with Crippen molar-refractivity contribution >= 4 is 29.1 Å². The number of amides is 1. The summed E-state index contributed by atoms with van der Waals surface area (Å²) in [4.78, 5) is 24.6. The number of carbonyl (C=O) groups excluding carboxylic acids is 1. The van der Waals surface area contributed by atoms with E-state index in [0.29, 0.717) is 12.5 Å². The molecule has 0 saturated carbocycles. The maximum Gasteiger partial charge on any atom is 0.258 e. The number of hydrogen-bond acceptors (Lipinski definition) is 9. The lowest BCUT2D eigenvalue weighted by Crippen LogP contribution is -2.25. The third-order valence-electron chi connectivity index (χ3n) is 6.71. The van der Waals surface area contributed by atoms with Gasteiger partial charge in [-0.3, -0.25) is 4.79 Å². The summed E-state index contributed by atoms with van der Waals surface area (Å²) < 4.78 is 15.3. The number of nitrogens with zero attached hydrogens (tertiary/aromatic N) is 5. The third-order valence-corrected chi connectivity index (χ3v) is 7.22. The molecule has 9 nitrogen and oxygen atoms in total. The first kappa shape index (κ1) is 25.4. The molecule has 6 rings (SSSR count). The van der Waals surface area contributed by atoms with Gasteiger partial charge in [0.1, 0.15) is 23.6 Å². The molecule has 0 radical (unpaired) electrons. The van der Waals surface area contributed by atoms with Crippen molar-refractivity contribution in [2.24, 2.45) is 0 Å². The van der Waals surface area contributed by atoms with E-state index >= 15 is 0 Å². The van der Waals surface area contributed by atoms with Gasteiger partial charge in [-0.1, -0.05) is 59.1 Å². The Bertz CT molecular complexity index is 1610. The Balaban J connectivity index is 1.21. The molecule has 0 saturated heterocycles. The fraction of sp³-hybridized carbons (Fsp3) is 0.167. The van der Waals surface area contributed by atoms with Crippen molar-refractivity contribution in [1.29, 1.82) is 0 Å². The van der Waals surface area contributed by atoms with Crippen LogP contribution in [0.1, 0.15) is 27.0 Å². The molecule has 1 N–H and O–H groups in total. The Morgan fingerprint density at radius 3 is 2.60 bits per heavy atom. The topological polar surface area (TPSA) is 102 Å². The second-order valence-corrected chi connectivity index (χ2v) is 9.84. The van der Waals surface area contributed by atoms with Crippen LogP contribution in [0.2, 0.25) is 0 Å². The van der Waals surface area contributed by atoms with Gasteiger partial charge in [0.15, 0.2) is 0 Å². The van der Waals surface area contributed by atoms with Crippen LogP contribution >= 0.6 is 11.5 Å². The van der Waals surface area contributed by atoms with Gasteiger partial charge in [-0.25, -0.2) is 4.98 Å². The van der Waals surface area contributed by atoms with Crippen molar-refractivity contribution in [3.05, 3.63) is 107 Å². The highest BCUT2D eigenvalue weighted by Crippen LogP contribution is 2.33. The van der Waals surface area contributed by atoms with Crippen molar-refractivity contribution in [3.8, 4) is 22.9 Å². The van der Waals surface area contributed by atoms with Gasteiger partial charge in [0.2, 0.25) is 11.8 Å². The molecule has 10 heteroatoms. The fourth-order valence-corrected chi connectivity index (χ4v) is 5.00. The van der Waals surface area contributed by atoms with Gasteiger partial charge in [0.05, 0.1) is 7.11 Å². The van der Waals surface area contributed by atoms with E-state index in [-0.39, 0.29) is 24.0 Å². The molecule has 1 aliphatic rings. The van der Waals surface area contributed by atoms with Crippen LogP contribution in [0.3, 0.4) is 0 Å². The molecule has 0 bridgehead atoms. The summed E-state index contributed by atoms with van der Waals surface area (Å²) in [5.41, 5.74) is 6.27. The van der Waals surface area contributed by atoms with E-state index in [4.69, 9.17) is 14.5 Å². The highest BCUT2D eigenvalue weighted by atomic mass is 32.1. The van der Waals surface area contributed by atoms with Crippen molar-refractivity contribution in [3.63, 3.8) is 0 Å². The Kier molecular flexibility index (Phi) is 7.32. The molecule has 3 aromatic carbocycles. The summed E-state index contributed by atoms with van der Waals surface area (Å²) in [7, 11) is 1.63. The van der Waals surface area contributed by atoms with Crippen molar-refractivity contribution in [1.82, 2.24) is 24.9 Å². The number of anilines is 2. The molecule has 40 heavy (non-hydrogen) atoms. The number of para-hydroxylation sites is 1. The molecule has 0 aliphatic carbocycles. The summed E-state index contributed by atoms with van der Waals surface area (Å²) in [6.07, 6.45) is 2.45. The van der Waals surface area contributed by atoms with Gasteiger partial charge < -0.3 is 19.7 Å². The van der Waals surface area contributed by atoms with Gasteiger partial charge in [-0.2, -0.15) is 4.98 Å². The lowest BCUT2D eigenvalue weighted by atomic mass is 10.1. The second-order valence-electron chi connectivity index (χ2n) is 9.23. The van der Waals surface area contributed by atoms with E-state index in [1.54, 1.807) is 13.3 Å². The fourth-order valence-electron chi connectivity index (χ4n) is 4.53. The number of ether oxygens (including phenoxy) is 2. The standard InChI is InChI=1S/C30H26N6O3S/c1-38-24-12-8-21(9-13-24)18-39-29-25(17-32-30(33-29)36-15-14-23-4-2-3-5-27(23)36)28(37)31-16-20-6-10-22(11-7-20)26-19-40-35-34-26/h2-13,17,19H,14-16,18H2,1H3,(H,31,37). The summed E-state index contributed by atoms with van der Waals surface area (Å²) in [6, 6.07) is 23.6. The molecule has 1 amide bonds. The van der Waals surface area contributed by atoms with Crippen molar-refractivity contribution in [2.45, 2.75) is 19.6 Å². The lowest BCUT2D eigenvalue weighted by Gasteiger charge is -2.19. The SMILES string of the molecule is COc1ccc(COc2nc(N3CCc4ccccc43)ncc2C(=O)NCc2ccc(-c3csnn3)cc2)cc1. The van der Waals surface area contributed by atoms with Crippen LogP contribution in [0.25, 0.3) is 11.3 Å². The summed E-state index contributed by atoms with van der Waals surface area (Å²) >= 11 is 1.31. The van der Waals surface area contributed by atoms with Crippen LogP contribution in [0.4, 0.5) is 11.6 Å². The molecule has 3 heterocycles. The normalized spacial score (nSPS) is 12.2. The molecular formula is C30H26N6O3S. The number of hydrogen-bond donors (Lipinski definition) is 1. The van der Waals surface area contributed by atoms with Crippen molar-refractivity contribution < 1.29 is 14.3 Å². The first-order valence-electron chi connectivity index (χ1n) is 12.8. The highest BCUT2D eigenvalue weighted by Gasteiger charge is 2.24. The number of carbonyl (C=O) groups is 1. The Morgan fingerprint density at radius 1 is 1.02 bits per heavy atom. The van der Waals surface area contributed by atoms with Gasteiger partial charge >= 0.3 is 0 Å². The van der Waals surface area contributed by atoms with E-state index < -0.39 is 0 Å². The molecule has 0 fully saturated rings. The minimum atomic E-state index is -0.314. The Labute approximate surface area is 235 Å². The third kappa shape index (κ3) is 5.48. The molecule has 2 aromatic heterocycles. The highest BCUT2D eigenvalue weighted by molar-refractivity contribution is 7.03. The van der Waals surface area contributed by atoms with Crippen LogP contribution in [0, 0.1) is 0 Å². The van der Waals surface area contributed by atoms with Gasteiger partial charge in [-0.05, 0) is 52.8 Å². The molecular weight excluding hydrogens is 524 g/mol. The lowest BCUT2D eigenvalue weighted by molar-refractivity contribution is 0.0945. The van der Waals surface area contributed by atoms with E-state index in [1.807, 2.05) is 66.0 Å². The van der Waals surface area contributed by atoms with E-state index in [2.05, 4.69) is 36.9 Å². The number of methoxy groups -OCH3 is 1. The predicted molar refractivity (Wildman–Crippen MR) is 153 cm³/mol. The van der Waals surface area contributed by atoms with Crippen LogP contribution in [0.15, 0.2) is 84.4 Å². The number of aromatic nitrogens is 4. The summed E-state index contributed by atoms with van der Waals surface area (Å²) in [5, 5.41) is 8.97. The molecule has 0 spiro atoms. The summed E-state index contributed by atoms with van der Waals surface area (Å²) in [5.74, 6) is 1.18. The number of benzene rings is 3. The van der Waals surface area contributed by atoms with E-state index in [1.165, 1.54) is 17.1 Å². The van der Waals surface area contributed by atoms with Crippen LogP contribution in [-0.4, -0.2) is 39.1 Å². The number of rotatable bonds is 9.